The minimum Gasteiger partial charge on any atom is -0.458 e. The van der Waals surface area contributed by atoms with Crippen molar-refractivity contribution < 1.29 is 14.0 Å². The minimum absolute atomic E-state index is 0.0355. The van der Waals surface area contributed by atoms with Crippen molar-refractivity contribution in [2.24, 2.45) is 34.5 Å². The van der Waals surface area contributed by atoms with Crippen LogP contribution in [0.15, 0.2) is 0 Å². The van der Waals surface area contributed by atoms with Crippen molar-refractivity contribution in [2.45, 2.75) is 83.8 Å². The Hall–Kier alpha value is -1.12. The quantitative estimate of drug-likeness (QED) is 0.357. The van der Waals surface area contributed by atoms with Gasteiger partial charge in [0.2, 0.25) is 0 Å². The topological polar surface area (TPSA) is 53.3 Å². The van der Waals surface area contributed by atoms with Crippen molar-refractivity contribution in [3.63, 3.8) is 0 Å². The summed E-state index contributed by atoms with van der Waals surface area (Å²) in [5.74, 6) is 3.13. The molecule has 4 aliphatic rings. The van der Waals surface area contributed by atoms with E-state index in [1.807, 2.05) is 21.1 Å². The van der Waals surface area contributed by atoms with E-state index in [1.54, 1.807) is 0 Å². The largest absolute Gasteiger partial charge is 0.458 e. The van der Waals surface area contributed by atoms with E-state index in [1.165, 1.54) is 44.9 Å². The SMILES string of the molecule is CN(CC#N)[C@H]1CCC2C3CC[C@H]4C[C@@H](OC(=O)C[N+](C)(C)C)CC[C@]4(C)C3CC[C@@]21C. The van der Waals surface area contributed by atoms with Gasteiger partial charge in [-0.2, -0.15) is 5.26 Å². The van der Waals surface area contributed by atoms with Crippen molar-refractivity contribution in [1.29, 1.82) is 5.26 Å². The summed E-state index contributed by atoms with van der Waals surface area (Å²) >= 11 is 0. The molecule has 0 N–H and O–H groups in total. The number of quaternary nitrogens is 1. The third-order valence-corrected chi connectivity index (χ3v) is 10.3. The lowest BCUT2D eigenvalue weighted by Gasteiger charge is -2.61. The molecule has 4 saturated carbocycles. The first-order chi connectivity index (χ1) is 15.0. The fraction of sp³-hybridized carbons (Fsp3) is 0.926. The second-order valence-electron chi connectivity index (χ2n) is 13.2. The average molecular weight is 445 g/mol. The number of carbonyl (C=O) groups is 1. The number of rotatable bonds is 5. The molecule has 180 valence electrons. The number of ether oxygens (including phenoxy) is 1. The van der Waals surface area contributed by atoms with Crippen LogP contribution in [-0.2, 0) is 9.53 Å². The summed E-state index contributed by atoms with van der Waals surface area (Å²) < 4.78 is 6.59. The third kappa shape index (κ3) is 4.23. The van der Waals surface area contributed by atoms with E-state index in [2.05, 4.69) is 31.9 Å². The molecule has 32 heavy (non-hydrogen) atoms. The van der Waals surface area contributed by atoms with Crippen LogP contribution in [0.3, 0.4) is 0 Å². The second-order valence-corrected chi connectivity index (χ2v) is 13.2. The highest BCUT2D eigenvalue weighted by Crippen LogP contribution is 2.66. The van der Waals surface area contributed by atoms with E-state index in [4.69, 9.17) is 4.74 Å². The molecule has 0 aromatic heterocycles. The molecule has 0 aromatic carbocycles. The highest BCUT2D eigenvalue weighted by molar-refractivity contribution is 5.70. The van der Waals surface area contributed by atoms with Crippen LogP contribution < -0.4 is 0 Å². The average Bonchev–Trinajstić information content (AvgIpc) is 3.04. The number of hydrogen-bond donors (Lipinski definition) is 0. The normalized spacial score (nSPS) is 43.7. The maximum atomic E-state index is 12.4. The predicted octanol–water partition coefficient (Wildman–Crippen LogP) is 4.47. The monoisotopic (exact) mass is 444 g/mol. The Kier molecular flexibility index (Phi) is 6.44. The number of nitriles is 1. The van der Waals surface area contributed by atoms with Crippen molar-refractivity contribution in [2.75, 3.05) is 41.3 Å². The van der Waals surface area contributed by atoms with Gasteiger partial charge in [-0.25, -0.2) is 4.79 Å². The van der Waals surface area contributed by atoms with Crippen molar-refractivity contribution >= 4 is 5.97 Å². The molecule has 0 aromatic rings. The summed E-state index contributed by atoms with van der Waals surface area (Å²) in [6, 6.07) is 2.94. The Morgan fingerprint density at radius 2 is 1.72 bits per heavy atom. The zero-order chi connectivity index (χ0) is 23.3. The predicted molar refractivity (Wildman–Crippen MR) is 127 cm³/mol. The number of likely N-dealkylation sites (N-methyl/N-ethyl adjacent to an activating group) is 1. The summed E-state index contributed by atoms with van der Waals surface area (Å²) in [7, 11) is 8.29. The molecule has 0 saturated heterocycles. The first-order valence-corrected chi connectivity index (χ1v) is 13.0. The van der Waals surface area contributed by atoms with Crippen molar-refractivity contribution in [1.82, 2.24) is 4.90 Å². The van der Waals surface area contributed by atoms with Gasteiger partial charge in [-0.1, -0.05) is 13.8 Å². The number of esters is 1. The van der Waals surface area contributed by atoms with Crippen LogP contribution in [0.1, 0.15) is 71.6 Å². The maximum Gasteiger partial charge on any atom is 0.362 e. The van der Waals surface area contributed by atoms with Gasteiger partial charge in [0.1, 0.15) is 6.10 Å². The van der Waals surface area contributed by atoms with Crippen LogP contribution in [-0.4, -0.2) is 68.8 Å². The van der Waals surface area contributed by atoms with E-state index >= 15 is 0 Å². The lowest BCUT2D eigenvalue weighted by Crippen LogP contribution is -2.56. The molecule has 4 aliphatic carbocycles. The zero-order valence-electron chi connectivity index (χ0n) is 21.4. The number of carbonyl (C=O) groups excluding carboxylic acids is 1. The van der Waals surface area contributed by atoms with Crippen LogP contribution in [0.4, 0.5) is 0 Å². The van der Waals surface area contributed by atoms with Crippen LogP contribution in [0.2, 0.25) is 0 Å². The molecule has 0 aliphatic heterocycles. The molecule has 0 amide bonds. The summed E-state index contributed by atoms with van der Waals surface area (Å²) in [6.45, 7) is 6.12. The molecule has 0 bridgehead atoms. The van der Waals surface area contributed by atoms with Gasteiger partial charge in [0.25, 0.3) is 0 Å². The summed E-state index contributed by atoms with van der Waals surface area (Å²) in [4.78, 5) is 14.8. The first kappa shape index (κ1) is 24.0. The van der Waals surface area contributed by atoms with Gasteiger partial charge in [0.15, 0.2) is 6.54 Å². The van der Waals surface area contributed by atoms with E-state index in [0.717, 1.165) is 30.6 Å². The standard InChI is InChI=1S/C27H46N3O2/c1-26-13-11-20(32-25(31)18-30(4,5)6)17-19(26)7-8-21-22-9-10-24(29(3)16-15-28)27(22,2)14-12-23(21)26/h19-24H,7-14,16-18H2,1-6H3/q+1/t19-,20-,21?,22?,23?,24-,26-,27-/m0/s1. The summed E-state index contributed by atoms with van der Waals surface area (Å²) in [5.41, 5.74) is 0.776. The molecule has 0 heterocycles. The van der Waals surface area contributed by atoms with Crippen LogP contribution in [0.25, 0.3) is 0 Å². The van der Waals surface area contributed by atoms with Gasteiger partial charge >= 0.3 is 5.97 Å². The van der Waals surface area contributed by atoms with E-state index in [0.29, 0.717) is 40.4 Å². The van der Waals surface area contributed by atoms with Crippen molar-refractivity contribution in [3.8, 4) is 6.07 Å². The second kappa shape index (κ2) is 8.58. The molecule has 4 rings (SSSR count). The van der Waals surface area contributed by atoms with Gasteiger partial charge in [-0.3, -0.25) is 4.90 Å². The smallest absolute Gasteiger partial charge is 0.362 e. The van der Waals surface area contributed by atoms with E-state index < -0.39 is 0 Å². The van der Waals surface area contributed by atoms with Crippen LogP contribution >= 0.6 is 0 Å². The molecule has 3 unspecified atom stereocenters. The fourth-order valence-electron chi connectivity index (χ4n) is 8.85. The van der Waals surface area contributed by atoms with Gasteiger partial charge < -0.3 is 9.22 Å². The van der Waals surface area contributed by atoms with E-state index in [9.17, 15) is 10.1 Å². The first-order valence-electron chi connectivity index (χ1n) is 13.0. The molecule has 4 fully saturated rings. The Balaban J connectivity index is 1.43. The molecule has 8 atom stereocenters. The number of fused-ring (bicyclic) bond motifs is 5. The Morgan fingerprint density at radius 3 is 2.41 bits per heavy atom. The van der Waals surface area contributed by atoms with Crippen molar-refractivity contribution in [3.05, 3.63) is 0 Å². The van der Waals surface area contributed by atoms with Crippen LogP contribution in [0, 0.1) is 45.8 Å². The summed E-state index contributed by atoms with van der Waals surface area (Å²) in [5, 5.41) is 9.24. The molecular weight excluding hydrogens is 398 g/mol. The molecule has 5 heteroatoms. The van der Waals surface area contributed by atoms with Gasteiger partial charge in [-0.05, 0) is 99.3 Å². The minimum atomic E-state index is -0.0355. The fourth-order valence-corrected chi connectivity index (χ4v) is 8.85. The van der Waals surface area contributed by atoms with Gasteiger partial charge in [-0.15, -0.1) is 0 Å². The maximum absolute atomic E-state index is 12.4. The third-order valence-electron chi connectivity index (χ3n) is 10.3. The highest BCUT2D eigenvalue weighted by Gasteiger charge is 2.60. The Bertz CT molecular complexity index is 755. The molecule has 0 radical (unpaired) electrons. The van der Waals surface area contributed by atoms with E-state index in [-0.39, 0.29) is 12.1 Å². The number of hydrogen-bond acceptors (Lipinski definition) is 4. The van der Waals surface area contributed by atoms with Gasteiger partial charge in [0, 0.05) is 6.04 Å². The van der Waals surface area contributed by atoms with Crippen LogP contribution in [0.5, 0.6) is 0 Å². The Labute approximate surface area is 196 Å². The molecule has 5 nitrogen and oxygen atoms in total. The zero-order valence-corrected chi connectivity index (χ0v) is 21.4. The number of nitrogens with zero attached hydrogens (tertiary/aromatic N) is 3. The molecule has 0 spiro atoms. The summed E-state index contributed by atoms with van der Waals surface area (Å²) in [6.07, 6.45) is 11.3. The lowest BCUT2D eigenvalue weighted by atomic mass is 9.45. The van der Waals surface area contributed by atoms with Gasteiger partial charge in [0.05, 0.1) is 33.8 Å². The lowest BCUT2D eigenvalue weighted by molar-refractivity contribution is -0.862. The molecular formula is C27H46N3O2+. The Morgan fingerprint density at radius 1 is 1.03 bits per heavy atom. The highest BCUT2D eigenvalue weighted by atomic mass is 16.5.